The molecule has 0 bridgehead atoms. The summed E-state index contributed by atoms with van der Waals surface area (Å²) in [5.74, 6) is -0.791. The second-order valence-electron chi connectivity index (χ2n) is 5.91. The van der Waals surface area contributed by atoms with E-state index in [4.69, 9.17) is 12.2 Å². The molecule has 4 rings (SSSR count). The molecule has 0 saturated carbocycles. The Labute approximate surface area is 164 Å². The Morgan fingerprint density at radius 3 is 2.85 bits per heavy atom. The fourth-order valence-corrected chi connectivity index (χ4v) is 4.03. The van der Waals surface area contributed by atoms with E-state index in [1.165, 1.54) is 6.20 Å². The second-order valence-corrected chi connectivity index (χ2v) is 7.59. The zero-order chi connectivity index (χ0) is 19.0. The number of thioether (sulfide) groups is 1. The van der Waals surface area contributed by atoms with Crippen LogP contribution < -0.4 is 5.43 Å². The van der Waals surface area contributed by atoms with Crippen molar-refractivity contribution in [2.75, 3.05) is 0 Å². The highest BCUT2D eigenvalue weighted by Gasteiger charge is 2.34. The number of benzene rings is 1. The monoisotopic (exact) mass is 394 g/mol. The van der Waals surface area contributed by atoms with Crippen LogP contribution in [-0.2, 0) is 11.8 Å². The minimum absolute atomic E-state index is 0.281. The summed E-state index contributed by atoms with van der Waals surface area (Å²) in [6.07, 6.45) is 6.77. The van der Waals surface area contributed by atoms with Gasteiger partial charge >= 0.3 is 0 Å². The summed E-state index contributed by atoms with van der Waals surface area (Å²) < 4.78 is 2.29. The maximum absolute atomic E-state index is 12.7. The number of pyridine rings is 1. The van der Waals surface area contributed by atoms with E-state index in [-0.39, 0.29) is 10.2 Å². The Hall–Kier alpha value is -2.97. The third-order valence-corrected chi connectivity index (χ3v) is 5.45. The number of carbonyl (C=O) groups excluding carboxylic acids is 2. The van der Waals surface area contributed by atoms with Crippen molar-refractivity contribution < 1.29 is 9.59 Å². The van der Waals surface area contributed by atoms with Crippen molar-refractivity contribution in [2.45, 2.75) is 0 Å². The summed E-state index contributed by atoms with van der Waals surface area (Å²) in [6.45, 7) is 0. The van der Waals surface area contributed by atoms with Gasteiger partial charge in [-0.3, -0.25) is 20.0 Å². The van der Waals surface area contributed by atoms with Gasteiger partial charge < -0.3 is 4.57 Å². The van der Waals surface area contributed by atoms with Crippen LogP contribution in [0.3, 0.4) is 0 Å². The Balaban J connectivity index is 1.61. The summed E-state index contributed by atoms with van der Waals surface area (Å²) in [4.78, 5) is 29.4. The fourth-order valence-electron chi connectivity index (χ4n) is 2.86. The number of thiocarbonyl (C=S) groups is 1. The first-order valence-corrected chi connectivity index (χ1v) is 9.30. The summed E-state index contributed by atoms with van der Waals surface area (Å²) in [5.41, 5.74) is 4.90. The van der Waals surface area contributed by atoms with Crippen LogP contribution >= 0.6 is 24.0 Å². The predicted molar refractivity (Wildman–Crippen MR) is 110 cm³/mol. The molecule has 1 aromatic carbocycles. The smallest absolute Gasteiger partial charge is 0.285 e. The quantitative estimate of drug-likeness (QED) is 0.546. The molecule has 8 heteroatoms. The average molecular weight is 394 g/mol. The van der Waals surface area contributed by atoms with Gasteiger partial charge in [-0.25, -0.2) is 0 Å². The molecule has 6 nitrogen and oxygen atoms in total. The van der Waals surface area contributed by atoms with Gasteiger partial charge in [0.05, 0.1) is 10.5 Å². The van der Waals surface area contributed by atoms with Gasteiger partial charge in [-0.1, -0.05) is 30.0 Å². The molecule has 1 N–H and O–H groups in total. The Morgan fingerprint density at radius 1 is 1.26 bits per heavy atom. The molecule has 1 aliphatic rings. The lowest BCUT2D eigenvalue weighted by Gasteiger charge is -2.15. The van der Waals surface area contributed by atoms with Crippen LogP contribution in [-0.4, -0.2) is 30.7 Å². The number of carbonyl (C=O) groups is 2. The molecule has 27 heavy (non-hydrogen) atoms. The first-order valence-electron chi connectivity index (χ1n) is 8.07. The zero-order valence-electron chi connectivity index (χ0n) is 14.2. The molecule has 2 aromatic heterocycles. The van der Waals surface area contributed by atoms with Crippen LogP contribution in [0, 0.1) is 0 Å². The molecular formula is C19H14N4O2S2. The third kappa shape index (κ3) is 3.24. The number of nitrogens with zero attached hydrogens (tertiary/aromatic N) is 3. The van der Waals surface area contributed by atoms with E-state index >= 15 is 0 Å². The Bertz CT molecular complexity index is 1110. The standard InChI is InChI=1S/C19H14N4O2S2/c1-22-11-13(14-6-2-3-7-15(14)22)9-16-18(25)23(19(26)27-16)21-17(24)12-5-4-8-20-10-12/h2-11H,1H3,(H,21,24)/b16-9+. The van der Waals surface area contributed by atoms with Crippen molar-refractivity contribution in [1.82, 2.24) is 20.0 Å². The molecule has 2 amide bonds. The first kappa shape index (κ1) is 17.4. The van der Waals surface area contributed by atoms with Gasteiger partial charge in [-0.2, -0.15) is 5.01 Å². The van der Waals surface area contributed by atoms with E-state index in [9.17, 15) is 9.59 Å². The minimum Gasteiger partial charge on any atom is -0.350 e. The lowest BCUT2D eigenvalue weighted by atomic mass is 10.1. The number of hydrazine groups is 1. The van der Waals surface area contributed by atoms with Crippen LogP contribution in [0.4, 0.5) is 0 Å². The lowest BCUT2D eigenvalue weighted by Crippen LogP contribution is -2.44. The number of rotatable bonds is 3. The number of aromatic nitrogens is 2. The van der Waals surface area contributed by atoms with Crippen LogP contribution in [0.25, 0.3) is 17.0 Å². The number of aryl methyl sites for hydroxylation is 1. The van der Waals surface area contributed by atoms with Gasteiger partial charge in [0.2, 0.25) is 0 Å². The van der Waals surface area contributed by atoms with Crippen molar-refractivity contribution in [2.24, 2.45) is 7.05 Å². The fraction of sp³-hybridized carbons (Fsp3) is 0.0526. The molecule has 0 spiro atoms. The van der Waals surface area contributed by atoms with Crippen LogP contribution in [0.15, 0.2) is 59.9 Å². The van der Waals surface area contributed by atoms with Crippen molar-refractivity contribution in [3.63, 3.8) is 0 Å². The van der Waals surface area contributed by atoms with Crippen molar-refractivity contribution in [1.29, 1.82) is 0 Å². The molecule has 1 fully saturated rings. The number of hydrogen-bond donors (Lipinski definition) is 1. The van der Waals surface area contributed by atoms with Gasteiger partial charge in [0.1, 0.15) is 0 Å². The SMILES string of the molecule is Cn1cc(/C=C2/SC(=S)N(NC(=O)c3cccnc3)C2=O)c2ccccc21. The Kier molecular flexibility index (Phi) is 4.51. The van der Waals surface area contributed by atoms with E-state index in [0.717, 1.165) is 33.2 Å². The molecular weight excluding hydrogens is 380 g/mol. The molecule has 1 aliphatic heterocycles. The number of nitrogens with one attached hydrogen (secondary N) is 1. The number of amides is 2. The number of para-hydroxylation sites is 1. The average Bonchev–Trinajstić information content (AvgIpc) is 3.14. The third-order valence-electron chi connectivity index (χ3n) is 4.15. The molecule has 0 aliphatic carbocycles. The molecule has 3 aromatic rings. The maximum Gasteiger partial charge on any atom is 0.285 e. The first-order chi connectivity index (χ1) is 13.0. The van der Waals surface area contributed by atoms with E-state index in [0.29, 0.717) is 10.5 Å². The molecule has 0 atom stereocenters. The molecule has 1 saturated heterocycles. The van der Waals surface area contributed by atoms with Gasteiger partial charge in [-0.15, -0.1) is 0 Å². The summed E-state index contributed by atoms with van der Waals surface area (Å²) >= 11 is 6.43. The number of hydrogen-bond acceptors (Lipinski definition) is 5. The number of fused-ring (bicyclic) bond motifs is 1. The van der Waals surface area contributed by atoms with Gasteiger partial charge in [0.25, 0.3) is 11.8 Å². The van der Waals surface area contributed by atoms with Crippen LogP contribution in [0.2, 0.25) is 0 Å². The van der Waals surface area contributed by atoms with E-state index < -0.39 is 5.91 Å². The van der Waals surface area contributed by atoms with Gasteiger partial charge in [-0.05, 0) is 36.5 Å². The Morgan fingerprint density at radius 2 is 2.07 bits per heavy atom. The highest BCUT2D eigenvalue weighted by Crippen LogP contribution is 2.33. The molecule has 3 heterocycles. The zero-order valence-corrected chi connectivity index (χ0v) is 15.9. The van der Waals surface area contributed by atoms with Gasteiger partial charge in [0, 0.05) is 42.1 Å². The minimum atomic E-state index is -0.439. The second kappa shape index (κ2) is 6.98. The summed E-state index contributed by atoms with van der Waals surface area (Å²) in [7, 11) is 1.96. The van der Waals surface area contributed by atoms with Crippen molar-refractivity contribution in [3.05, 3.63) is 71.0 Å². The largest absolute Gasteiger partial charge is 0.350 e. The highest BCUT2D eigenvalue weighted by molar-refractivity contribution is 8.26. The lowest BCUT2D eigenvalue weighted by molar-refractivity contribution is -0.123. The van der Waals surface area contributed by atoms with E-state index in [1.807, 2.05) is 42.1 Å². The van der Waals surface area contributed by atoms with Gasteiger partial charge in [0.15, 0.2) is 4.32 Å². The molecule has 0 radical (unpaired) electrons. The topological polar surface area (TPSA) is 67.2 Å². The summed E-state index contributed by atoms with van der Waals surface area (Å²) in [5, 5.41) is 2.15. The van der Waals surface area contributed by atoms with Crippen LogP contribution in [0.5, 0.6) is 0 Å². The predicted octanol–water partition coefficient (Wildman–Crippen LogP) is 3.12. The maximum atomic E-state index is 12.7. The van der Waals surface area contributed by atoms with Crippen LogP contribution in [0.1, 0.15) is 15.9 Å². The summed E-state index contributed by atoms with van der Waals surface area (Å²) in [6, 6.07) is 11.2. The molecule has 134 valence electrons. The van der Waals surface area contributed by atoms with Crippen molar-refractivity contribution in [3.8, 4) is 0 Å². The van der Waals surface area contributed by atoms with Crippen molar-refractivity contribution >= 4 is 57.1 Å². The van der Waals surface area contributed by atoms with E-state index in [2.05, 4.69) is 10.4 Å². The molecule has 0 unspecified atom stereocenters. The normalized spacial score (nSPS) is 15.7. The highest BCUT2D eigenvalue weighted by atomic mass is 32.2. The van der Waals surface area contributed by atoms with E-state index in [1.54, 1.807) is 24.4 Å².